The summed E-state index contributed by atoms with van der Waals surface area (Å²) in [6, 6.07) is 6.64. The van der Waals surface area contributed by atoms with Gasteiger partial charge in [0.05, 0.1) is 6.61 Å². The topological polar surface area (TPSA) is 51.5 Å². The highest BCUT2D eigenvalue weighted by Crippen LogP contribution is 2.43. The van der Waals surface area contributed by atoms with Gasteiger partial charge in [-0.2, -0.15) is 0 Å². The molecule has 2 aromatic rings. The van der Waals surface area contributed by atoms with Crippen LogP contribution >= 0.6 is 15.9 Å². The van der Waals surface area contributed by atoms with Crippen LogP contribution in [0.2, 0.25) is 0 Å². The lowest BCUT2D eigenvalue weighted by molar-refractivity contribution is 0.0519. The van der Waals surface area contributed by atoms with E-state index in [4.69, 9.17) is 4.74 Å². The monoisotopic (exact) mass is 418 g/mol. The van der Waals surface area contributed by atoms with Crippen molar-refractivity contribution in [2.45, 2.75) is 39.5 Å². The molecule has 0 amide bonds. The number of rotatable bonds is 5. The third-order valence-electron chi connectivity index (χ3n) is 4.38. The predicted octanol–water partition coefficient (Wildman–Crippen LogP) is 5.49. The SMILES string of the molecule is CCOC(=O)c1cc(C2CC2)c(C)c(/N=C(\C)c2ccc(Br)cc2F)n1. The Morgan fingerprint density at radius 2 is 2.12 bits per heavy atom. The molecule has 0 radical (unpaired) electrons. The Labute approximate surface area is 160 Å². The molecule has 1 aliphatic rings. The second-order valence-corrected chi connectivity index (χ2v) is 7.28. The molecule has 0 spiro atoms. The van der Waals surface area contributed by atoms with Crippen molar-refractivity contribution in [1.29, 1.82) is 0 Å². The van der Waals surface area contributed by atoms with Crippen LogP contribution in [0.1, 0.15) is 59.8 Å². The van der Waals surface area contributed by atoms with Gasteiger partial charge in [-0.05, 0) is 74.9 Å². The number of hydrogen-bond donors (Lipinski definition) is 0. The highest BCUT2D eigenvalue weighted by molar-refractivity contribution is 9.10. The van der Waals surface area contributed by atoms with Crippen molar-refractivity contribution < 1.29 is 13.9 Å². The quantitative estimate of drug-likeness (QED) is 0.476. The fraction of sp³-hybridized carbons (Fsp3) is 0.350. The summed E-state index contributed by atoms with van der Waals surface area (Å²) in [5, 5.41) is 0. The minimum absolute atomic E-state index is 0.252. The van der Waals surface area contributed by atoms with Crippen LogP contribution in [0.25, 0.3) is 0 Å². The third kappa shape index (κ3) is 4.01. The summed E-state index contributed by atoms with van der Waals surface area (Å²) >= 11 is 3.25. The van der Waals surface area contributed by atoms with Crippen molar-refractivity contribution in [2.75, 3.05) is 6.61 Å². The number of hydrogen-bond acceptors (Lipinski definition) is 4. The van der Waals surface area contributed by atoms with E-state index in [9.17, 15) is 9.18 Å². The molecule has 0 saturated heterocycles. The molecule has 1 heterocycles. The van der Waals surface area contributed by atoms with Gasteiger partial charge in [-0.1, -0.05) is 15.9 Å². The van der Waals surface area contributed by atoms with Gasteiger partial charge in [0.15, 0.2) is 11.5 Å². The smallest absolute Gasteiger partial charge is 0.357 e. The Morgan fingerprint density at radius 3 is 2.73 bits per heavy atom. The molecular formula is C20H20BrFN2O2. The zero-order valence-corrected chi connectivity index (χ0v) is 16.6. The summed E-state index contributed by atoms with van der Waals surface area (Å²) in [6.07, 6.45) is 2.19. The second-order valence-electron chi connectivity index (χ2n) is 6.36. The largest absolute Gasteiger partial charge is 0.461 e. The average molecular weight is 419 g/mol. The van der Waals surface area contributed by atoms with Crippen molar-refractivity contribution in [2.24, 2.45) is 4.99 Å². The van der Waals surface area contributed by atoms with Gasteiger partial charge < -0.3 is 4.74 Å². The minimum atomic E-state index is -0.460. The summed E-state index contributed by atoms with van der Waals surface area (Å²) in [4.78, 5) is 21.1. The van der Waals surface area contributed by atoms with Crippen LogP contribution in [0.3, 0.4) is 0 Å². The minimum Gasteiger partial charge on any atom is -0.461 e. The third-order valence-corrected chi connectivity index (χ3v) is 4.88. The molecule has 26 heavy (non-hydrogen) atoms. The van der Waals surface area contributed by atoms with Crippen LogP contribution in [0.5, 0.6) is 0 Å². The molecule has 0 aliphatic heterocycles. The summed E-state index contributed by atoms with van der Waals surface area (Å²) < 4.78 is 20.0. The van der Waals surface area contributed by atoms with Crippen LogP contribution < -0.4 is 0 Å². The summed E-state index contributed by atoms with van der Waals surface area (Å²) in [6.45, 7) is 5.73. The second kappa shape index (κ2) is 7.66. The van der Waals surface area contributed by atoms with E-state index in [1.165, 1.54) is 6.07 Å². The molecule has 3 rings (SSSR count). The van der Waals surface area contributed by atoms with Gasteiger partial charge in [-0.15, -0.1) is 0 Å². The highest BCUT2D eigenvalue weighted by atomic mass is 79.9. The Bertz CT molecular complexity index is 892. The molecule has 1 aromatic carbocycles. The molecule has 136 valence electrons. The van der Waals surface area contributed by atoms with Crippen LogP contribution in [0.4, 0.5) is 10.2 Å². The summed E-state index contributed by atoms with van der Waals surface area (Å²) in [5.41, 5.74) is 3.17. The molecule has 0 unspecified atom stereocenters. The number of esters is 1. The number of carbonyl (C=O) groups excluding carboxylic acids is 1. The number of benzene rings is 1. The number of pyridine rings is 1. The number of aromatic nitrogens is 1. The maximum absolute atomic E-state index is 14.2. The van der Waals surface area contributed by atoms with Crippen LogP contribution in [0, 0.1) is 12.7 Å². The normalized spacial score (nSPS) is 14.4. The molecule has 6 heteroatoms. The van der Waals surface area contributed by atoms with Gasteiger partial charge in [-0.3, -0.25) is 0 Å². The lowest BCUT2D eigenvalue weighted by Gasteiger charge is -2.11. The molecule has 0 N–H and O–H groups in total. The lowest BCUT2D eigenvalue weighted by atomic mass is 10.0. The van der Waals surface area contributed by atoms with E-state index in [-0.39, 0.29) is 18.1 Å². The van der Waals surface area contributed by atoms with E-state index in [1.807, 2.05) is 6.92 Å². The standard InChI is InChI=1S/C20H20BrFN2O2/c1-4-26-20(25)18-10-16(13-5-6-13)11(2)19(24-18)23-12(3)15-8-7-14(21)9-17(15)22/h7-10,13H,4-6H2,1-3H3/b23-12+. The van der Waals surface area contributed by atoms with E-state index in [0.717, 1.165) is 24.0 Å². The molecular weight excluding hydrogens is 399 g/mol. The van der Waals surface area contributed by atoms with Crippen LogP contribution in [-0.2, 0) is 4.74 Å². The average Bonchev–Trinajstić information content (AvgIpc) is 3.41. The van der Waals surface area contributed by atoms with Gasteiger partial charge in [0.2, 0.25) is 0 Å². The van der Waals surface area contributed by atoms with Crippen LogP contribution in [0.15, 0.2) is 33.7 Å². The van der Waals surface area contributed by atoms with Crippen molar-refractivity contribution in [3.63, 3.8) is 0 Å². The molecule has 1 aliphatic carbocycles. The van der Waals surface area contributed by atoms with Gasteiger partial charge in [0, 0.05) is 15.7 Å². The van der Waals surface area contributed by atoms with E-state index in [0.29, 0.717) is 27.5 Å². The fourth-order valence-corrected chi connectivity index (χ4v) is 3.19. The van der Waals surface area contributed by atoms with E-state index >= 15 is 0 Å². The molecule has 1 aromatic heterocycles. The Kier molecular flexibility index (Phi) is 5.51. The summed E-state index contributed by atoms with van der Waals surface area (Å²) in [5.74, 6) is 0.0580. The van der Waals surface area contributed by atoms with Crippen molar-refractivity contribution in [1.82, 2.24) is 4.98 Å². The zero-order chi connectivity index (χ0) is 18.8. The molecule has 1 fully saturated rings. The van der Waals surface area contributed by atoms with Gasteiger partial charge in [0.25, 0.3) is 0 Å². The number of nitrogens with zero attached hydrogens (tertiary/aromatic N) is 2. The van der Waals surface area contributed by atoms with Crippen molar-refractivity contribution >= 4 is 33.4 Å². The van der Waals surface area contributed by atoms with E-state index < -0.39 is 5.97 Å². The van der Waals surface area contributed by atoms with Crippen molar-refractivity contribution in [3.05, 3.63) is 56.9 Å². The molecule has 0 bridgehead atoms. The number of ether oxygens (including phenoxy) is 1. The van der Waals surface area contributed by atoms with Crippen molar-refractivity contribution in [3.8, 4) is 0 Å². The first-order valence-electron chi connectivity index (χ1n) is 8.60. The Hall–Kier alpha value is -2.08. The van der Waals surface area contributed by atoms with Gasteiger partial charge in [0.1, 0.15) is 5.82 Å². The molecule has 1 saturated carbocycles. The fourth-order valence-electron chi connectivity index (χ4n) is 2.85. The van der Waals surface area contributed by atoms with E-state index in [1.54, 1.807) is 32.0 Å². The van der Waals surface area contributed by atoms with Gasteiger partial charge in [-0.25, -0.2) is 19.2 Å². The first-order chi connectivity index (χ1) is 12.4. The Balaban J connectivity index is 2.06. The first-order valence-corrected chi connectivity index (χ1v) is 9.39. The lowest BCUT2D eigenvalue weighted by Crippen LogP contribution is -2.09. The van der Waals surface area contributed by atoms with Gasteiger partial charge >= 0.3 is 5.97 Å². The maximum atomic E-state index is 14.2. The maximum Gasteiger partial charge on any atom is 0.357 e. The number of aliphatic imine (C=N–C) groups is 1. The number of carbonyl (C=O) groups is 1. The first kappa shape index (κ1) is 18.7. The molecule has 4 nitrogen and oxygen atoms in total. The Morgan fingerprint density at radius 1 is 1.38 bits per heavy atom. The predicted molar refractivity (Wildman–Crippen MR) is 103 cm³/mol. The van der Waals surface area contributed by atoms with Crippen LogP contribution in [-0.4, -0.2) is 23.3 Å². The number of halogens is 2. The highest BCUT2D eigenvalue weighted by Gasteiger charge is 2.28. The molecule has 0 atom stereocenters. The zero-order valence-electron chi connectivity index (χ0n) is 15.0. The summed E-state index contributed by atoms with van der Waals surface area (Å²) in [7, 11) is 0. The van der Waals surface area contributed by atoms with E-state index in [2.05, 4.69) is 25.9 Å².